The molecule has 4 rings (SSSR count). The van der Waals surface area contributed by atoms with Gasteiger partial charge in [-0.25, -0.2) is 4.98 Å². The summed E-state index contributed by atoms with van der Waals surface area (Å²) in [6.07, 6.45) is -6.81. The van der Waals surface area contributed by atoms with Gasteiger partial charge in [0.05, 0.1) is 38.2 Å². The fourth-order valence-corrected chi connectivity index (χ4v) is 5.29. The summed E-state index contributed by atoms with van der Waals surface area (Å²) in [7, 11) is 0. The van der Waals surface area contributed by atoms with Gasteiger partial charge in [0.2, 0.25) is 5.95 Å². The second kappa shape index (κ2) is 11.8. The summed E-state index contributed by atoms with van der Waals surface area (Å²) >= 11 is 12.4. The van der Waals surface area contributed by atoms with Crippen LogP contribution >= 0.6 is 23.2 Å². The highest BCUT2D eigenvalue weighted by Crippen LogP contribution is 2.41. The fourth-order valence-electron chi connectivity index (χ4n) is 4.79. The first kappa shape index (κ1) is 29.3. The van der Waals surface area contributed by atoms with Gasteiger partial charge in [-0.05, 0) is 56.2 Å². The van der Waals surface area contributed by atoms with Crippen LogP contribution in [0.15, 0.2) is 30.3 Å². The number of carbonyl (C=O) groups is 1. The minimum absolute atomic E-state index is 0.0154. The van der Waals surface area contributed by atoms with Crippen LogP contribution in [0.3, 0.4) is 0 Å². The highest BCUT2D eigenvalue weighted by molar-refractivity contribution is 6.39. The van der Waals surface area contributed by atoms with Gasteiger partial charge in [-0.2, -0.15) is 26.3 Å². The number of rotatable bonds is 9. The Kier molecular flexibility index (Phi) is 8.90. The van der Waals surface area contributed by atoms with Gasteiger partial charge in [-0.15, -0.1) is 0 Å². The summed E-state index contributed by atoms with van der Waals surface area (Å²) < 4.78 is 82.3. The maximum absolute atomic E-state index is 13.1. The number of aromatic nitrogens is 2. The minimum atomic E-state index is -4.62. The molecular weight excluding hydrogens is 571 g/mol. The van der Waals surface area contributed by atoms with Crippen LogP contribution in [0.25, 0.3) is 11.0 Å². The molecule has 0 radical (unpaired) electrons. The largest absolute Gasteiger partial charge is 0.483 e. The SMILES string of the molecule is O=C(CCCC1CCC(C(F)(F)F)CC1)c1cc2[nH]c(Nc3c(Cl)cccc3Cl)nc2cc1OCC(F)(F)F. The Labute approximate surface area is 230 Å². The first-order chi connectivity index (χ1) is 18.3. The zero-order valence-electron chi connectivity index (χ0n) is 20.5. The van der Waals surface area contributed by atoms with Crippen molar-refractivity contribution < 1.29 is 35.9 Å². The van der Waals surface area contributed by atoms with Crippen LogP contribution in [0.5, 0.6) is 5.75 Å². The molecule has 0 aliphatic heterocycles. The third kappa shape index (κ3) is 7.72. The van der Waals surface area contributed by atoms with Gasteiger partial charge < -0.3 is 15.0 Å². The van der Waals surface area contributed by atoms with E-state index in [9.17, 15) is 31.1 Å². The van der Waals surface area contributed by atoms with Crippen molar-refractivity contribution in [1.29, 1.82) is 0 Å². The Morgan fingerprint density at radius 1 is 1.05 bits per heavy atom. The van der Waals surface area contributed by atoms with Crippen LogP contribution in [-0.4, -0.2) is 34.7 Å². The van der Waals surface area contributed by atoms with E-state index in [1.54, 1.807) is 18.2 Å². The molecule has 0 amide bonds. The maximum atomic E-state index is 13.1. The number of alkyl halides is 6. The van der Waals surface area contributed by atoms with Crippen molar-refractivity contribution in [2.24, 2.45) is 11.8 Å². The second-order valence-corrected chi connectivity index (χ2v) is 10.5. The number of hydrogen-bond acceptors (Lipinski definition) is 4. The number of halogens is 8. The van der Waals surface area contributed by atoms with Crippen molar-refractivity contribution in [1.82, 2.24) is 9.97 Å². The van der Waals surface area contributed by atoms with Crippen molar-refractivity contribution in [3.63, 3.8) is 0 Å². The van der Waals surface area contributed by atoms with Crippen LogP contribution in [0.4, 0.5) is 38.0 Å². The van der Waals surface area contributed by atoms with Gasteiger partial charge in [-0.3, -0.25) is 4.79 Å². The van der Waals surface area contributed by atoms with Crippen molar-refractivity contribution in [2.45, 2.75) is 57.3 Å². The number of para-hydroxylation sites is 1. The summed E-state index contributed by atoms with van der Waals surface area (Å²) in [5.74, 6) is -1.70. The van der Waals surface area contributed by atoms with E-state index in [4.69, 9.17) is 27.9 Å². The third-order valence-corrected chi connectivity index (χ3v) is 7.44. The zero-order valence-corrected chi connectivity index (χ0v) is 22.0. The Morgan fingerprint density at radius 2 is 1.72 bits per heavy atom. The summed E-state index contributed by atoms with van der Waals surface area (Å²) in [5.41, 5.74) is 0.942. The first-order valence-electron chi connectivity index (χ1n) is 12.3. The van der Waals surface area contributed by atoms with Crippen LogP contribution in [0.2, 0.25) is 10.0 Å². The molecule has 212 valence electrons. The predicted octanol–water partition coefficient (Wildman–Crippen LogP) is 9.28. The van der Waals surface area contributed by atoms with E-state index in [1.165, 1.54) is 12.1 Å². The molecule has 0 saturated heterocycles. The van der Waals surface area contributed by atoms with E-state index < -0.39 is 30.7 Å². The number of ketones is 1. The van der Waals surface area contributed by atoms with Crippen molar-refractivity contribution >= 4 is 51.7 Å². The standard InChI is InChI=1S/C26H25Cl2F6N3O2/c27-17-4-2-5-18(28)23(17)37-24-35-19-11-16(22(12-20(19)36-24)39-13-25(29,30)31)21(38)6-1-3-14-7-9-15(10-8-14)26(32,33)34/h2,4-5,11-12,14-15H,1,3,6-10,13H2,(H2,35,36,37). The number of Topliss-reactive ketones (excluding diaryl/α,β-unsaturated/α-hetero) is 1. The van der Waals surface area contributed by atoms with Gasteiger partial charge in [0.1, 0.15) is 5.75 Å². The predicted molar refractivity (Wildman–Crippen MR) is 137 cm³/mol. The molecule has 3 aromatic rings. The number of ether oxygens (including phenoxy) is 1. The monoisotopic (exact) mass is 595 g/mol. The molecule has 2 N–H and O–H groups in total. The smallest absolute Gasteiger partial charge is 0.422 e. The summed E-state index contributed by atoms with van der Waals surface area (Å²) in [6, 6.07) is 7.51. The molecule has 0 bridgehead atoms. The van der Waals surface area contributed by atoms with E-state index in [0.717, 1.165) is 0 Å². The molecule has 1 aliphatic rings. The van der Waals surface area contributed by atoms with E-state index >= 15 is 0 Å². The lowest BCUT2D eigenvalue weighted by Gasteiger charge is -2.29. The number of hydrogen-bond donors (Lipinski definition) is 2. The Balaban J connectivity index is 1.48. The van der Waals surface area contributed by atoms with Gasteiger partial charge >= 0.3 is 12.4 Å². The normalized spacial score (nSPS) is 18.4. The van der Waals surface area contributed by atoms with E-state index in [1.807, 2.05) is 0 Å². The van der Waals surface area contributed by atoms with E-state index in [2.05, 4.69) is 15.3 Å². The summed E-state index contributed by atoms with van der Waals surface area (Å²) in [5, 5.41) is 3.57. The molecule has 0 spiro atoms. The molecule has 13 heteroatoms. The number of fused-ring (bicyclic) bond motifs is 1. The lowest BCUT2D eigenvalue weighted by atomic mass is 9.79. The fraction of sp³-hybridized carbons (Fsp3) is 0.462. The van der Waals surface area contributed by atoms with Gasteiger partial charge in [0, 0.05) is 12.5 Å². The average Bonchev–Trinajstić information content (AvgIpc) is 3.25. The van der Waals surface area contributed by atoms with Gasteiger partial charge in [0.15, 0.2) is 12.4 Å². The number of benzene rings is 2. The van der Waals surface area contributed by atoms with E-state index in [-0.39, 0.29) is 48.0 Å². The third-order valence-electron chi connectivity index (χ3n) is 6.81. The topological polar surface area (TPSA) is 67.0 Å². The van der Waals surface area contributed by atoms with Crippen LogP contribution in [0, 0.1) is 11.8 Å². The van der Waals surface area contributed by atoms with E-state index in [0.29, 0.717) is 46.9 Å². The molecule has 0 atom stereocenters. The molecule has 1 heterocycles. The lowest BCUT2D eigenvalue weighted by molar-refractivity contribution is -0.184. The van der Waals surface area contributed by atoms with Crippen LogP contribution < -0.4 is 10.1 Å². The molecular formula is C26H25Cl2F6N3O2. The molecule has 1 fully saturated rings. The Hall–Kier alpha value is -2.66. The van der Waals surface area contributed by atoms with Crippen LogP contribution in [0.1, 0.15) is 55.3 Å². The Bertz CT molecular complexity index is 1300. The summed E-state index contributed by atoms with van der Waals surface area (Å²) in [6.45, 7) is -1.59. The molecule has 39 heavy (non-hydrogen) atoms. The first-order valence-corrected chi connectivity index (χ1v) is 13.1. The number of anilines is 2. The molecule has 5 nitrogen and oxygen atoms in total. The van der Waals surface area contributed by atoms with Crippen molar-refractivity contribution in [2.75, 3.05) is 11.9 Å². The minimum Gasteiger partial charge on any atom is -0.483 e. The van der Waals surface area contributed by atoms with Crippen molar-refractivity contribution in [3.8, 4) is 5.75 Å². The number of nitrogens with one attached hydrogen (secondary N) is 2. The van der Waals surface area contributed by atoms with Gasteiger partial charge in [0.25, 0.3) is 0 Å². The lowest BCUT2D eigenvalue weighted by Crippen LogP contribution is -2.27. The number of H-pyrrole nitrogens is 1. The quantitative estimate of drug-likeness (QED) is 0.191. The summed E-state index contributed by atoms with van der Waals surface area (Å²) in [4.78, 5) is 20.3. The highest BCUT2D eigenvalue weighted by Gasteiger charge is 2.41. The number of nitrogens with zero attached hydrogens (tertiary/aromatic N) is 1. The molecule has 1 aliphatic carbocycles. The number of carbonyl (C=O) groups excluding carboxylic acids is 1. The van der Waals surface area contributed by atoms with Crippen molar-refractivity contribution in [3.05, 3.63) is 45.9 Å². The Morgan fingerprint density at radius 3 is 2.33 bits per heavy atom. The molecule has 0 unspecified atom stereocenters. The second-order valence-electron chi connectivity index (χ2n) is 9.65. The number of imidazole rings is 1. The maximum Gasteiger partial charge on any atom is 0.422 e. The highest BCUT2D eigenvalue weighted by atomic mass is 35.5. The number of aromatic amines is 1. The van der Waals surface area contributed by atoms with Gasteiger partial charge in [-0.1, -0.05) is 35.7 Å². The molecule has 2 aromatic carbocycles. The zero-order chi connectivity index (χ0) is 28.4. The molecule has 1 saturated carbocycles. The van der Waals surface area contributed by atoms with Crippen LogP contribution in [-0.2, 0) is 0 Å². The average molecular weight is 596 g/mol. The molecule has 1 aromatic heterocycles.